The second-order valence-electron chi connectivity index (χ2n) is 8.66. The van der Waals surface area contributed by atoms with Gasteiger partial charge in [-0.2, -0.15) is 0 Å². The molecule has 7 heteroatoms. The molecule has 0 aliphatic carbocycles. The van der Waals surface area contributed by atoms with Gasteiger partial charge in [0.2, 0.25) is 0 Å². The number of aliphatic imine (C=N–C) groups is 1. The molecule has 180 valence electrons. The van der Waals surface area contributed by atoms with Gasteiger partial charge in [-0.1, -0.05) is 42.5 Å². The van der Waals surface area contributed by atoms with Gasteiger partial charge in [-0.25, -0.2) is 4.99 Å². The molecule has 1 saturated heterocycles. The molecule has 6 nitrogen and oxygen atoms in total. The van der Waals surface area contributed by atoms with Gasteiger partial charge in [0.05, 0.1) is 6.54 Å². The molecule has 2 N–H and O–H groups in total. The third-order valence-electron chi connectivity index (χ3n) is 5.86. The number of hydrogen-bond donors (Lipinski definition) is 2. The van der Waals surface area contributed by atoms with Crippen LogP contribution >= 0.6 is 24.0 Å². The highest BCUT2D eigenvalue weighted by atomic mass is 127. The highest BCUT2D eigenvalue weighted by molar-refractivity contribution is 14.0. The number of likely N-dealkylation sites (tertiary alicyclic amines) is 1. The predicted molar refractivity (Wildman–Crippen MR) is 147 cm³/mol. The van der Waals surface area contributed by atoms with Gasteiger partial charge in [-0.15, -0.1) is 24.0 Å². The predicted octanol–water partition coefficient (Wildman–Crippen LogP) is 3.63. The van der Waals surface area contributed by atoms with Crippen LogP contribution in [0.15, 0.2) is 59.6 Å². The average molecular weight is 564 g/mol. The Morgan fingerprint density at radius 2 is 1.79 bits per heavy atom. The van der Waals surface area contributed by atoms with Crippen LogP contribution in [0.1, 0.15) is 34.8 Å². The zero-order valence-electron chi connectivity index (χ0n) is 20.1. The maximum atomic E-state index is 12.0. The molecule has 0 radical (unpaired) electrons. The molecular formula is C26H38IN5O. The Hall–Kier alpha value is -2.13. The van der Waals surface area contributed by atoms with E-state index >= 15 is 0 Å². The molecule has 1 amide bonds. The van der Waals surface area contributed by atoms with E-state index in [-0.39, 0.29) is 29.9 Å². The van der Waals surface area contributed by atoms with Crippen LogP contribution in [-0.2, 0) is 13.0 Å². The van der Waals surface area contributed by atoms with Gasteiger partial charge >= 0.3 is 0 Å². The highest BCUT2D eigenvalue weighted by Crippen LogP contribution is 2.16. The summed E-state index contributed by atoms with van der Waals surface area (Å²) in [6, 6.07) is 18.4. The molecular weight excluding hydrogens is 525 g/mol. The van der Waals surface area contributed by atoms with Gasteiger partial charge in [0, 0.05) is 45.8 Å². The lowest BCUT2D eigenvalue weighted by atomic mass is 10.1. The van der Waals surface area contributed by atoms with Crippen molar-refractivity contribution >= 4 is 35.8 Å². The molecule has 0 aromatic heterocycles. The Kier molecular flexibility index (Phi) is 11.7. The minimum Gasteiger partial charge on any atom is -0.357 e. The van der Waals surface area contributed by atoms with E-state index in [1.54, 1.807) is 19.0 Å². The van der Waals surface area contributed by atoms with E-state index in [1.165, 1.54) is 18.5 Å². The van der Waals surface area contributed by atoms with Gasteiger partial charge in [-0.05, 0) is 55.5 Å². The van der Waals surface area contributed by atoms with Crippen molar-refractivity contribution in [1.29, 1.82) is 0 Å². The average Bonchev–Trinajstić information content (AvgIpc) is 3.28. The summed E-state index contributed by atoms with van der Waals surface area (Å²) < 4.78 is 0. The SMILES string of the molecule is CCNC(=NCc1ccc(C(=O)N(C)C)cc1)NCC1CCN(CCc2ccccc2)C1.I. The summed E-state index contributed by atoms with van der Waals surface area (Å²) in [7, 11) is 3.53. The number of amides is 1. The monoisotopic (exact) mass is 563 g/mol. The lowest BCUT2D eigenvalue weighted by Crippen LogP contribution is -2.40. The van der Waals surface area contributed by atoms with E-state index in [0.29, 0.717) is 18.0 Å². The van der Waals surface area contributed by atoms with Crippen LogP contribution < -0.4 is 10.6 Å². The summed E-state index contributed by atoms with van der Waals surface area (Å²) in [5, 5.41) is 6.87. The van der Waals surface area contributed by atoms with Gasteiger partial charge in [0.1, 0.15) is 0 Å². The Morgan fingerprint density at radius 3 is 2.45 bits per heavy atom. The van der Waals surface area contributed by atoms with Crippen molar-refractivity contribution in [2.45, 2.75) is 26.3 Å². The first-order valence-corrected chi connectivity index (χ1v) is 11.6. The second-order valence-corrected chi connectivity index (χ2v) is 8.66. The fraction of sp³-hybridized carbons (Fsp3) is 0.462. The largest absolute Gasteiger partial charge is 0.357 e. The van der Waals surface area contributed by atoms with Crippen molar-refractivity contribution in [2.24, 2.45) is 10.9 Å². The topological polar surface area (TPSA) is 60.0 Å². The number of carbonyl (C=O) groups excluding carboxylic acids is 1. The third kappa shape index (κ3) is 8.97. The molecule has 33 heavy (non-hydrogen) atoms. The van der Waals surface area contributed by atoms with Crippen LogP contribution in [0, 0.1) is 5.92 Å². The fourth-order valence-corrected chi connectivity index (χ4v) is 3.98. The molecule has 0 spiro atoms. The Morgan fingerprint density at radius 1 is 1.06 bits per heavy atom. The van der Waals surface area contributed by atoms with Gasteiger partial charge in [-0.3, -0.25) is 4.79 Å². The van der Waals surface area contributed by atoms with Crippen LogP contribution in [0.4, 0.5) is 0 Å². The summed E-state index contributed by atoms with van der Waals surface area (Å²) in [5.74, 6) is 1.51. The normalized spacial score (nSPS) is 16.2. The summed E-state index contributed by atoms with van der Waals surface area (Å²) in [5.41, 5.74) is 3.20. The van der Waals surface area contributed by atoms with E-state index in [9.17, 15) is 4.79 Å². The summed E-state index contributed by atoms with van der Waals surface area (Å²) in [6.07, 6.45) is 2.34. The number of halogens is 1. The highest BCUT2D eigenvalue weighted by Gasteiger charge is 2.22. The number of rotatable bonds is 9. The minimum atomic E-state index is 0. The molecule has 1 aliphatic heterocycles. The Bertz CT molecular complexity index is 870. The van der Waals surface area contributed by atoms with Crippen molar-refractivity contribution < 1.29 is 4.79 Å². The van der Waals surface area contributed by atoms with Gasteiger partial charge < -0.3 is 20.4 Å². The molecule has 1 fully saturated rings. The molecule has 0 bridgehead atoms. The summed E-state index contributed by atoms with van der Waals surface area (Å²) in [6.45, 7) is 7.87. The molecule has 2 aromatic carbocycles. The van der Waals surface area contributed by atoms with Crippen molar-refractivity contribution in [2.75, 3.05) is 46.8 Å². The standard InChI is InChI=1S/C26H37N5O.HI/c1-4-27-26(28-18-22-10-12-24(13-11-22)25(32)30(2)3)29-19-23-15-17-31(20-23)16-14-21-8-6-5-7-9-21;/h5-13,23H,4,14-20H2,1-3H3,(H2,27,28,29);1H. The van der Waals surface area contributed by atoms with Crippen LogP contribution in [0.2, 0.25) is 0 Å². The van der Waals surface area contributed by atoms with Crippen LogP contribution in [0.5, 0.6) is 0 Å². The molecule has 1 atom stereocenters. The van der Waals surface area contributed by atoms with Crippen LogP contribution in [0.3, 0.4) is 0 Å². The smallest absolute Gasteiger partial charge is 0.253 e. The quantitative estimate of drug-likeness (QED) is 0.278. The van der Waals surface area contributed by atoms with E-state index in [0.717, 1.165) is 44.1 Å². The third-order valence-corrected chi connectivity index (χ3v) is 5.86. The summed E-state index contributed by atoms with van der Waals surface area (Å²) in [4.78, 5) is 20.9. The molecule has 1 heterocycles. The van der Waals surface area contributed by atoms with Crippen molar-refractivity contribution in [3.8, 4) is 0 Å². The second kappa shape index (κ2) is 14.2. The number of nitrogens with one attached hydrogen (secondary N) is 2. The van der Waals surface area contributed by atoms with E-state index in [4.69, 9.17) is 4.99 Å². The van der Waals surface area contributed by atoms with E-state index in [2.05, 4.69) is 52.8 Å². The van der Waals surface area contributed by atoms with Gasteiger partial charge in [0.15, 0.2) is 5.96 Å². The number of carbonyl (C=O) groups is 1. The number of guanidine groups is 1. The molecule has 3 rings (SSSR count). The summed E-state index contributed by atoms with van der Waals surface area (Å²) >= 11 is 0. The number of nitrogens with zero attached hydrogens (tertiary/aromatic N) is 3. The first-order valence-electron chi connectivity index (χ1n) is 11.6. The van der Waals surface area contributed by atoms with Crippen molar-refractivity contribution in [3.63, 3.8) is 0 Å². The molecule has 1 aliphatic rings. The van der Waals surface area contributed by atoms with Gasteiger partial charge in [0.25, 0.3) is 5.91 Å². The molecule has 0 saturated carbocycles. The number of hydrogen-bond acceptors (Lipinski definition) is 3. The minimum absolute atomic E-state index is 0. The maximum Gasteiger partial charge on any atom is 0.253 e. The first kappa shape index (κ1) is 27.1. The molecule has 1 unspecified atom stereocenters. The van der Waals surface area contributed by atoms with Crippen molar-refractivity contribution in [3.05, 3.63) is 71.3 Å². The van der Waals surface area contributed by atoms with E-state index < -0.39 is 0 Å². The Balaban J connectivity index is 0.00000385. The maximum absolute atomic E-state index is 12.0. The van der Waals surface area contributed by atoms with Crippen LogP contribution in [-0.4, -0.2) is 68.5 Å². The first-order chi connectivity index (χ1) is 15.5. The zero-order chi connectivity index (χ0) is 22.8. The Labute approximate surface area is 215 Å². The number of benzene rings is 2. The zero-order valence-corrected chi connectivity index (χ0v) is 22.4. The fourth-order valence-electron chi connectivity index (χ4n) is 3.98. The lowest BCUT2D eigenvalue weighted by molar-refractivity contribution is 0.0827. The van der Waals surface area contributed by atoms with Crippen LogP contribution in [0.25, 0.3) is 0 Å². The lowest BCUT2D eigenvalue weighted by Gasteiger charge is -2.17. The van der Waals surface area contributed by atoms with E-state index in [1.807, 2.05) is 24.3 Å². The molecule has 2 aromatic rings. The van der Waals surface area contributed by atoms with Crippen molar-refractivity contribution in [1.82, 2.24) is 20.4 Å².